The number of anilines is 1. The lowest BCUT2D eigenvalue weighted by Crippen LogP contribution is -2.13. The summed E-state index contributed by atoms with van der Waals surface area (Å²) in [6.45, 7) is 0. The molecule has 0 saturated heterocycles. The maximum absolute atomic E-state index is 12.8. The molecule has 0 amide bonds. The van der Waals surface area contributed by atoms with Crippen LogP contribution in [0.25, 0.3) is 0 Å². The Hall–Kier alpha value is -2.16. The molecule has 2 aromatic rings. The van der Waals surface area contributed by atoms with Crippen molar-refractivity contribution in [3.8, 4) is 0 Å². The van der Waals surface area contributed by atoms with Gasteiger partial charge in [-0.25, -0.2) is 4.39 Å². The Morgan fingerprint density at radius 2 is 1.74 bits per heavy atom. The van der Waals surface area contributed by atoms with Crippen molar-refractivity contribution in [2.45, 2.75) is 19.3 Å². The predicted molar refractivity (Wildman–Crippen MR) is 75.9 cm³/mol. The quantitative estimate of drug-likeness (QED) is 0.805. The van der Waals surface area contributed by atoms with Gasteiger partial charge >= 0.3 is 0 Å². The Morgan fingerprint density at radius 3 is 2.58 bits per heavy atom. The number of nitrogens with one attached hydrogen (secondary N) is 1. The Balaban J connectivity index is 1.83. The predicted octanol–water partition coefficient (Wildman–Crippen LogP) is 3.98. The molecule has 3 heteroatoms. The number of hydrogen-bond acceptors (Lipinski definition) is 2. The number of halogens is 1. The number of fused-ring (bicyclic) bond motifs is 1. The number of hydrazone groups is 1. The van der Waals surface area contributed by atoms with Crippen LogP contribution in [0, 0.1) is 5.82 Å². The molecule has 2 nitrogen and oxygen atoms in total. The Bertz CT molecular complexity index is 602. The summed E-state index contributed by atoms with van der Waals surface area (Å²) in [5.74, 6) is -0.235. The van der Waals surface area contributed by atoms with Gasteiger partial charge in [-0.2, -0.15) is 5.10 Å². The third kappa shape index (κ3) is 2.65. The van der Waals surface area contributed by atoms with E-state index in [9.17, 15) is 4.39 Å². The third-order valence-electron chi connectivity index (χ3n) is 3.35. The zero-order chi connectivity index (χ0) is 13.1. The van der Waals surface area contributed by atoms with Crippen molar-refractivity contribution in [3.05, 3.63) is 65.5 Å². The highest BCUT2D eigenvalue weighted by Crippen LogP contribution is 2.21. The SMILES string of the molecule is Fc1ccc(NN=C2CCCc3ccccc32)cc1. The molecule has 0 aliphatic heterocycles. The topological polar surface area (TPSA) is 24.4 Å². The molecule has 0 radical (unpaired) electrons. The summed E-state index contributed by atoms with van der Waals surface area (Å²) in [6, 6.07) is 14.6. The van der Waals surface area contributed by atoms with Gasteiger partial charge in [0.05, 0.1) is 11.4 Å². The lowest BCUT2D eigenvalue weighted by Gasteiger charge is -2.17. The maximum Gasteiger partial charge on any atom is 0.123 e. The molecule has 2 aromatic carbocycles. The van der Waals surface area contributed by atoms with E-state index in [1.807, 2.05) is 6.07 Å². The Morgan fingerprint density at radius 1 is 0.947 bits per heavy atom. The lowest BCUT2D eigenvalue weighted by molar-refractivity contribution is 0.628. The van der Waals surface area contributed by atoms with E-state index in [-0.39, 0.29) is 5.82 Å². The van der Waals surface area contributed by atoms with E-state index in [2.05, 4.69) is 28.7 Å². The molecule has 1 N–H and O–H groups in total. The first-order valence-corrected chi connectivity index (χ1v) is 6.49. The summed E-state index contributed by atoms with van der Waals surface area (Å²) in [7, 11) is 0. The fraction of sp³-hybridized carbons (Fsp3) is 0.188. The molecule has 1 aliphatic rings. The minimum absolute atomic E-state index is 0.235. The van der Waals surface area contributed by atoms with Crippen LogP contribution < -0.4 is 5.43 Å². The summed E-state index contributed by atoms with van der Waals surface area (Å²) in [5.41, 5.74) is 7.46. The van der Waals surface area contributed by atoms with E-state index < -0.39 is 0 Å². The molecule has 0 fully saturated rings. The van der Waals surface area contributed by atoms with Crippen molar-refractivity contribution < 1.29 is 4.39 Å². The zero-order valence-corrected chi connectivity index (χ0v) is 10.6. The molecule has 0 spiro atoms. The first-order chi connectivity index (χ1) is 9.33. The smallest absolute Gasteiger partial charge is 0.123 e. The standard InChI is InChI=1S/C16H15FN2/c17-13-8-10-14(11-9-13)18-19-16-7-3-5-12-4-1-2-6-15(12)16/h1-2,4,6,8-11,18H,3,5,7H2. The average Bonchev–Trinajstić information content (AvgIpc) is 2.47. The Labute approximate surface area is 112 Å². The molecule has 0 heterocycles. The first-order valence-electron chi connectivity index (χ1n) is 6.49. The van der Waals surface area contributed by atoms with Crippen LogP contribution in [-0.2, 0) is 6.42 Å². The van der Waals surface area contributed by atoms with Gasteiger partial charge in [-0.1, -0.05) is 24.3 Å². The van der Waals surface area contributed by atoms with Gasteiger partial charge in [0.1, 0.15) is 5.82 Å². The van der Waals surface area contributed by atoms with E-state index in [1.54, 1.807) is 12.1 Å². The molecule has 1 aliphatic carbocycles. The van der Waals surface area contributed by atoms with E-state index in [1.165, 1.54) is 23.3 Å². The molecule has 19 heavy (non-hydrogen) atoms. The summed E-state index contributed by atoms with van der Waals surface area (Å²) >= 11 is 0. The van der Waals surface area contributed by atoms with Crippen LogP contribution in [0.3, 0.4) is 0 Å². The first kappa shape index (κ1) is 11.9. The minimum Gasteiger partial charge on any atom is -0.278 e. The highest BCUT2D eigenvalue weighted by molar-refractivity contribution is 6.03. The van der Waals surface area contributed by atoms with Crippen molar-refractivity contribution in [2.75, 3.05) is 5.43 Å². The van der Waals surface area contributed by atoms with Crippen LogP contribution in [0.15, 0.2) is 53.6 Å². The number of nitrogens with zero attached hydrogens (tertiary/aromatic N) is 1. The highest BCUT2D eigenvalue weighted by atomic mass is 19.1. The van der Waals surface area contributed by atoms with Crippen LogP contribution in [0.1, 0.15) is 24.0 Å². The fourth-order valence-corrected chi connectivity index (χ4v) is 2.37. The van der Waals surface area contributed by atoms with Crippen LogP contribution in [0.4, 0.5) is 10.1 Å². The molecule has 0 atom stereocenters. The van der Waals surface area contributed by atoms with Crippen LogP contribution in [-0.4, -0.2) is 5.71 Å². The molecule has 96 valence electrons. The second kappa shape index (κ2) is 5.22. The molecule has 0 saturated carbocycles. The van der Waals surface area contributed by atoms with Crippen molar-refractivity contribution in [3.63, 3.8) is 0 Å². The maximum atomic E-state index is 12.8. The summed E-state index contributed by atoms with van der Waals surface area (Å²) in [5, 5.41) is 4.47. The van der Waals surface area contributed by atoms with Gasteiger partial charge < -0.3 is 0 Å². The van der Waals surface area contributed by atoms with E-state index in [0.717, 1.165) is 30.7 Å². The summed E-state index contributed by atoms with van der Waals surface area (Å²) in [6.07, 6.45) is 3.22. The van der Waals surface area contributed by atoms with Gasteiger partial charge in [0.15, 0.2) is 0 Å². The van der Waals surface area contributed by atoms with Gasteiger partial charge in [0.25, 0.3) is 0 Å². The lowest BCUT2D eigenvalue weighted by atomic mass is 9.90. The van der Waals surface area contributed by atoms with Gasteiger partial charge in [-0.15, -0.1) is 0 Å². The number of benzene rings is 2. The molecular formula is C16H15FN2. The van der Waals surface area contributed by atoms with Crippen molar-refractivity contribution in [2.24, 2.45) is 5.10 Å². The number of rotatable bonds is 2. The monoisotopic (exact) mass is 254 g/mol. The van der Waals surface area contributed by atoms with Crippen LogP contribution >= 0.6 is 0 Å². The largest absolute Gasteiger partial charge is 0.278 e. The Kier molecular flexibility index (Phi) is 3.27. The number of hydrogen-bond donors (Lipinski definition) is 1. The average molecular weight is 254 g/mol. The van der Waals surface area contributed by atoms with Crippen LogP contribution in [0.2, 0.25) is 0 Å². The molecule has 0 unspecified atom stereocenters. The van der Waals surface area contributed by atoms with E-state index in [4.69, 9.17) is 0 Å². The van der Waals surface area contributed by atoms with Crippen LogP contribution in [0.5, 0.6) is 0 Å². The van der Waals surface area contributed by atoms with E-state index in [0.29, 0.717) is 0 Å². The van der Waals surface area contributed by atoms with Crippen molar-refractivity contribution in [1.29, 1.82) is 0 Å². The van der Waals surface area contributed by atoms with Crippen molar-refractivity contribution in [1.82, 2.24) is 0 Å². The minimum atomic E-state index is -0.235. The van der Waals surface area contributed by atoms with Gasteiger partial charge in [0, 0.05) is 5.56 Å². The van der Waals surface area contributed by atoms with Gasteiger partial charge in [-0.3, -0.25) is 5.43 Å². The van der Waals surface area contributed by atoms with Gasteiger partial charge in [-0.05, 0) is 49.1 Å². The zero-order valence-electron chi connectivity index (χ0n) is 10.6. The second-order valence-electron chi connectivity index (χ2n) is 4.69. The fourth-order valence-electron chi connectivity index (χ4n) is 2.37. The second-order valence-corrected chi connectivity index (χ2v) is 4.69. The molecule has 0 bridgehead atoms. The van der Waals surface area contributed by atoms with Crippen molar-refractivity contribution >= 4 is 11.4 Å². The molecule has 0 aromatic heterocycles. The molecular weight excluding hydrogens is 239 g/mol. The third-order valence-corrected chi connectivity index (χ3v) is 3.35. The number of aryl methyl sites for hydroxylation is 1. The van der Waals surface area contributed by atoms with E-state index >= 15 is 0 Å². The normalized spacial score (nSPS) is 16.2. The summed E-state index contributed by atoms with van der Waals surface area (Å²) < 4.78 is 12.8. The highest BCUT2D eigenvalue weighted by Gasteiger charge is 2.14. The van der Waals surface area contributed by atoms with Gasteiger partial charge in [0.2, 0.25) is 0 Å². The summed E-state index contributed by atoms with van der Waals surface area (Å²) in [4.78, 5) is 0. The molecule has 3 rings (SSSR count).